The van der Waals surface area contributed by atoms with Crippen molar-refractivity contribution in [2.75, 3.05) is 0 Å². The summed E-state index contributed by atoms with van der Waals surface area (Å²) < 4.78 is 5.88. The molecule has 0 spiro atoms. The summed E-state index contributed by atoms with van der Waals surface area (Å²) in [5.74, 6) is 0.667. The molecule has 3 heteroatoms. The van der Waals surface area contributed by atoms with Gasteiger partial charge in [-0.1, -0.05) is 36.4 Å². The lowest BCUT2D eigenvalue weighted by molar-refractivity contribution is 0.139. The van der Waals surface area contributed by atoms with E-state index in [4.69, 9.17) is 4.74 Å². The zero-order valence-corrected chi connectivity index (χ0v) is 11.0. The van der Waals surface area contributed by atoms with Crippen molar-refractivity contribution < 1.29 is 4.74 Å². The predicted octanol–water partition coefficient (Wildman–Crippen LogP) is 3.79. The van der Waals surface area contributed by atoms with Crippen LogP contribution in [0.2, 0.25) is 0 Å². The molecule has 0 N–H and O–H groups in total. The molecule has 2 aromatic carbocycles. The lowest BCUT2D eigenvalue weighted by Gasteiger charge is -2.34. The van der Waals surface area contributed by atoms with Crippen LogP contribution in [0, 0.1) is 12.1 Å². The van der Waals surface area contributed by atoms with Gasteiger partial charge in [-0.05, 0) is 25.5 Å². The molecule has 0 aliphatic carbocycles. The van der Waals surface area contributed by atoms with E-state index in [0.29, 0.717) is 11.4 Å². The van der Waals surface area contributed by atoms with Gasteiger partial charge in [-0.3, -0.25) is 0 Å². The Hall–Kier alpha value is -1.84. The summed E-state index contributed by atoms with van der Waals surface area (Å²) in [7, 11) is 0. The van der Waals surface area contributed by atoms with E-state index in [2.05, 4.69) is 0 Å². The molecule has 0 fully saturated rings. The lowest BCUT2D eigenvalue weighted by atomic mass is 9.99. The van der Waals surface area contributed by atoms with E-state index in [1.54, 1.807) is 0 Å². The summed E-state index contributed by atoms with van der Waals surface area (Å²) in [6.07, 6.45) is -0.171. The smallest absolute Gasteiger partial charge is 0.225 e. The Morgan fingerprint density at radius 2 is 1.84 bits per heavy atom. The third-order valence-electron chi connectivity index (χ3n) is 3.50. The molecule has 3 nitrogen and oxygen atoms in total. The monoisotopic (exact) mass is 254 g/mol. The second-order valence-electron chi connectivity index (χ2n) is 4.98. The van der Waals surface area contributed by atoms with Crippen molar-refractivity contribution in [1.82, 2.24) is 5.06 Å². The Labute approximate surface area is 113 Å². The van der Waals surface area contributed by atoms with E-state index >= 15 is 0 Å². The average Bonchev–Trinajstić information content (AvgIpc) is 2.41. The van der Waals surface area contributed by atoms with Crippen molar-refractivity contribution >= 4 is 5.69 Å². The number of aryl methyl sites for hydroxylation is 1. The Morgan fingerprint density at radius 3 is 2.58 bits per heavy atom. The maximum Gasteiger partial charge on any atom is 0.225 e. The van der Waals surface area contributed by atoms with Crippen molar-refractivity contribution in [3.05, 3.63) is 64.9 Å². The summed E-state index contributed by atoms with van der Waals surface area (Å²) in [5, 5.41) is 13.7. The van der Waals surface area contributed by atoms with Crippen LogP contribution in [0.25, 0.3) is 0 Å². The van der Waals surface area contributed by atoms with Crippen LogP contribution in [0.3, 0.4) is 0 Å². The van der Waals surface area contributed by atoms with Gasteiger partial charge < -0.3 is 9.94 Å². The van der Waals surface area contributed by atoms with Gasteiger partial charge >= 0.3 is 0 Å². The molecule has 1 heterocycles. The maximum atomic E-state index is 12.6. The zero-order valence-electron chi connectivity index (χ0n) is 11.0. The Morgan fingerprint density at radius 1 is 1.11 bits per heavy atom. The number of hydroxylamine groups is 1. The Kier molecular flexibility index (Phi) is 3.01. The quantitative estimate of drug-likeness (QED) is 0.573. The predicted molar refractivity (Wildman–Crippen MR) is 75.6 cm³/mol. The summed E-state index contributed by atoms with van der Waals surface area (Å²) >= 11 is 0. The number of anilines is 1. The molecular formula is C16H16NO2. The fraction of sp³-hybridized carbons (Fsp3) is 0.250. The van der Waals surface area contributed by atoms with E-state index in [-0.39, 0.29) is 12.1 Å². The average molecular weight is 254 g/mol. The third-order valence-corrected chi connectivity index (χ3v) is 3.50. The van der Waals surface area contributed by atoms with Crippen molar-refractivity contribution in [3.8, 4) is 5.75 Å². The van der Waals surface area contributed by atoms with Gasteiger partial charge in [0.1, 0.15) is 0 Å². The highest BCUT2D eigenvalue weighted by atomic mass is 16.5. The summed E-state index contributed by atoms with van der Waals surface area (Å²) in [6.45, 7) is 3.91. The van der Waals surface area contributed by atoms with Gasteiger partial charge in [0.2, 0.25) is 11.7 Å². The van der Waals surface area contributed by atoms with Crippen LogP contribution in [-0.4, -0.2) is 6.10 Å². The van der Waals surface area contributed by atoms with Gasteiger partial charge in [0.15, 0.2) is 11.9 Å². The SMILES string of the molecule is Cc1ccc2c(c1)[N+]([O-])C(c1ccccc1)C(C)O2. The normalized spacial score (nSPS) is 22.7. The van der Waals surface area contributed by atoms with E-state index in [9.17, 15) is 5.21 Å². The Bertz CT molecular complexity index is 583. The van der Waals surface area contributed by atoms with E-state index in [1.807, 2.05) is 62.4 Å². The molecule has 2 unspecified atom stereocenters. The largest absolute Gasteiger partial charge is 0.575 e. The molecule has 1 aliphatic rings. The van der Waals surface area contributed by atoms with E-state index < -0.39 is 0 Å². The first kappa shape index (κ1) is 12.2. The number of hydrogen-bond donors (Lipinski definition) is 0. The molecule has 0 amide bonds. The maximum absolute atomic E-state index is 12.6. The van der Waals surface area contributed by atoms with Crippen molar-refractivity contribution in [2.45, 2.75) is 26.0 Å². The van der Waals surface area contributed by atoms with Crippen LogP contribution < -0.4 is 9.80 Å². The molecule has 1 radical (unpaired) electrons. The van der Waals surface area contributed by atoms with Crippen LogP contribution in [0.1, 0.15) is 24.1 Å². The summed E-state index contributed by atoms with van der Waals surface area (Å²) in [5.41, 5.74) is 2.66. The van der Waals surface area contributed by atoms with Crippen LogP contribution in [0.5, 0.6) is 5.75 Å². The standard InChI is InChI=1S/C16H16NO2/c1-11-8-9-15-14(10-11)17(18)16(12(2)19-15)13-6-4-3-5-7-13/h3-10,12,16H,1-2H3. The van der Waals surface area contributed by atoms with Gasteiger partial charge in [0, 0.05) is 11.6 Å². The molecule has 2 atom stereocenters. The first-order chi connectivity index (χ1) is 9.16. The van der Waals surface area contributed by atoms with Crippen LogP contribution >= 0.6 is 0 Å². The number of ether oxygens (including phenoxy) is 1. The molecule has 1 aliphatic heterocycles. The summed E-state index contributed by atoms with van der Waals surface area (Å²) in [4.78, 5) is 0. The molecule has 2 aromatic rings. The highest BCUT2D eigenvalue weighted by Crippen LogP contribution is 2.41. The highest BCUT2D eigenvalue weighted by molar-refractivity contribution is 5.57. The Balaban J connectivity index is 2.05. The van der Waals surface area contributed by atoms with Crippen molar-refractivity contribution in [3.63, 3.8) is 0 Å². The highest BCUT2D eigenvalue weighted by Gasteiger charge is 2.39. The molecule has 0 saturated carbocycles. The van der Waals surface area contributed by atoms with Gasteiger partial charge in [-0.25, -0.2) is 0 Å². The number of rotatable bonds is 1. The molecule has 0 bridgehead atoms. The lowest BCUT2D eigenvalue weighted by Crippen LogP contribution is -2.39. The van der Waals surface area contributed by atoms with Gasteiger partial charge in [-0.2, -0.15) is 0 Å². The number of benzene rings is 2. The van der Waals surface area contributed by atoms with E-state index in [1.165, 1.54) is 0 Å². The number of nitrogens with zero attached hydrogens (tertiary/aromatic N) is 1. The van der Waals surface area contributed by atoms with Crippen LogP contribution in [-0.2, 0) is 0 Å². The molecule has 3 rings (SSSR count). The van der Waals surface area contributed by atoms with Crippen molar-refractivity contribution in [2.24, 2.45) is 0 Å². The molecule has 19 heavy (non-hydrogen) atoms. The molecule has 97 valence electrons. The number of fused-ring (bicyclic) bond motifs is 1. The van der Waals surface area contributed by atoms with Crippen LogP contribution in [0.4, 0.5) is 5.69 Å². The second kappa shape index (κ2) is 4.68. The summed E-state index contributed by atoms with van der Waals surface area (Å²) in [6, 6.07) is 15.2. The van der Waals surface area contributed by atoms with E-state index in [0.717, 1.165) is 16.2 Å². The van der Waals surface area contributed by atoms with Gasteiger partial charge in [0.25, 0.3) is 0 Å². The minimum absolute atomic E-state index is 0.171. The third kappa shape index (κ3) is 2.11. The van der Waals surface area contributed by atoms with Gasteiger partial charge in [-0.15, -0.1) is 5.06 Å². The number of hydrogen-bond acceptors (Lipinski definition) is 3. The minimum atomic E-state index is -0.296. The molecular weight excluding hydrogens is 238 g/mol. The van der Waals surface area contributed by atoms with Crippen LogP contribution in [0.15, 0.2) is 48.5 Å². The first-order valence-corrected chi connectivity index (χ1v) is 6.45. The fourth-order valence-electron chi connectivity index (χ4n) is 2.56. The zero-order chi connectivity index (χ0) is 13.4. The first-order valence-electron chi connectivity index (χ1n) is 6.45. The molecule has 0 aromatic heterocycles. The molecule has 0 saturated heterocycles. The van der Waals surface area contributed by atoms with Gasteiger partial charge in [0.05, 0.1) is 0 Å². The fourth-order valence-corrected chi connectivity index (χ4v) is 2.56. The minimum Gasteiger partial charge on any atom is -0.575 e. The topological polar surface area (TPSA) is 38.2 Å². The second-order valence-corrected chi connectivity index (χ2v) is 4.98. The van der Waals surface area contributed by atoms with Crippen molar-refractivity contribution in [1.29, 1.82) is 0 Å².